The summed E-state index contributed by atoms with van der Waals surface area (Å²) in [5, 5.41) is 2.94. The van der Waals surface area contributed by atoms with Crippen LogP contribution < -0.4 is 19.5 Å². The lowest BCUT2D eigenvalue weighted by molar-refractivity contribution is -0.117. The van der Waals surface area contributed by atoms with Gasteiger partial charge in [-0.2, -0.15) is 0 Å². The number of ether oxygens (including phenoxy) is 3. The maximum absolute atomic E-state index is 12.5. The maximum Gasteiger partial charge on any atom is 0.238 e. The van der Waals surface area contributed by atoms with Gasteiger partial charge >= 0.3 is 0 Å². The molecule has 0 bridgehead atoms. The average molecular weight is 414 g/mol. The van der Waals surface area contributed by atoms with Crippen molar-refractivity contribution in [3.05, 3.63) is 47.5 Å². The van der Waals surface area contributed by atoms with Gasteiger partial charge in [-0.3, -0.25) is 14.6 Å². The molecule has 30 heavy (non-hydrogen) atoms. The second kappa shape index (κ2) is 10.3. The first-order valence-electron chi connectivity index (χ1n) is 10.1. The maximum atomic E-state index is 12.5. The minimum absolute atomic E-state index is 0.0315. The quantitative estimate of drug-likeness (QED) is 0.718. The third kappa shape index (κ3) is 5.64. The van der Waals surface area contributed by atoms with Crippen LogP contribution >= 0.6 is 0 Å². The number of anilines is 1. The highest BCUT2D eigenvalue weighted by atomic mass is 16.5. The summed E-state index contributed by atoms with van der Waals surface area (Å²) in [7, 11) is 4.88. The summed E-state index contributed by atoms with van der Waals surface area (Å²) in [6.07, 6.45) is 0. The van der Waals surface area contributed by atoms with Gasteiger partial charge in [-0.15, -0.1) is 0 Å². The summed E-state index contributed by atoms with van der Waals surface area (Å²) >= 11 is 0. The molecule has 7 heteroatoms. The largest absolute Gasteiger partial charge is 0.496 e. The standard InChI is InChI=1S/C23H31N3O4/c1-17-5-7-20(28-2)18(13-17)15-25-9-11-26(12-10-25)16-23(27)24-19-6-8-21(29-3)22(14-19)30-4/h5-8,13-14H,9-12,15-16H2,1-4H3,(H,24,27). The highest BCUT2D eigenvalue weighted by molar-refractivity contribution is 5.92. The van der Waals surface area contributed by atoms with E-state index in [9.17, 15) is 4.79 Å². The zero-order chi connectivity index (χ0) is 21.5. The summed E-state index contributed by atoms with van der Waals surface area (Å²) in [6.45, 7) is 6.87. The van der Waals surface area contributed by atoms with Gasteiger partial charge in [0.25, 0.3) is 0 Å². The van der Waals surface area contributed by atoms with Crippen LogP contribution in [0.25, 0.3) is 0 Å². The van der Waals surface area contributed by atoms with Crippen molar-refractivity contribution in [1.82, 2.24) is 9.80 Å². The minimum Gasteiger partial charge on any atom is -0.496 e. The van der Waals surface area contributed by atoms with Crippen LogP contribution in [-0.2, 0) is 11.3 Å². The van der Waals surface area contributed by atoms with Crippen molar-refractivity contribution in [2.45, 2.75) is 13.5 Å². The third-order valence-electron chi connectivity index (χ3n) is 5.33. The third-order valence-corrected chi connectivity index (χ3v) is 5.33. The summed E-state index contributed by atoms with van der Waals surface area (Å²) in [5.41, 5.74) is 3.14. The number of benzene rings is 2. The Labute approximate surface area is 178 Å². The molecular weight excluding hydrogens is 382 g/mol. The first kappa shape index (κ1) is 21.9. The lowest BCUT2D eigenvalue weighted by Gasteiger charge is -2.34. The topological polar surface area (TPSA) is 63.3 Å². The Kier molecular flexibility index (Phi) is 7.54. The number of piperazine rings is 1. The van der Waals surface area contributed by atoms with E-state index in [1.165, 1.54) is 11.1 Å². The van der Waals surface area contributed by atoms with Crippen molar-refractivity contribution in [3.63, 3.8) is 0 Å². The minimum atomic E-state index is -0.0315. The van der Waals surface area contributed by atoms with Gasteiger partial charge in [0.05, 0.1) is 27.9 Å². The molecule has 1 aliphatic heterocycles. The summed E-state index contributed by atoms with van der Waals surface area (Å²) in [4.78, 5) is 17.1. The predicted molar refractivity (Wildman–Crippen MR) is 118 cm³/mol. The molecular formula is C23H31N3O4. The van der Waals surface area contributed by atoms with E-state index >= 15 is 0 Å². The van der Waals surface area contributed by atoms with E-state index in [1.54, 1.807) is 33.5 Å². The molecule has 1 aliphatic rings. The number of hydrogen-bond acceptors (Lipinski definition) is 6. The molecule has 3 rings (SSSR count). The van der Waals surface area contributed by atoms with Crippen LogP contribution in [0.3, 0.4) is 0 Å². The second-order valence-electron chi connectivity index (χ2n) is 7.49. The Morgan fingerprint density at radius 2 is 1.50 bits per heavy atom. The van der Waals surface area contributed by atoms with Gasteiger partial charge in [-0.05, 0) is 25.1 Å². The molecule has 1 amide bonds. The number of amides is 1. The van der Waals surface area contributed by atoms with Crippen molar-refractivity contribution >= 4 is 11.6 Å². The molecule has 2 aromatic carbocycles. The van der Waals surface area contributed by atoms with Gasteiger partial charge in [-0.1, -0.05) is 17.7 Å². The van der Waals surface area contributed by atoms with E-state index in [0.717, 1.165) is 38.5 Å². The predicted octanol–water partition coefficient (Wildman–Crippen LogP) is 2.78. The van der Waals surface area contributed by atoms with Crippen molar-refractivity contribution in [2.24, 2.45) is 0 Å². The highest BCUT2D eigenvalue weighted by Gasteiger charge is 2.20. The lowest BCUT2D eigenvalue weighted by atomic mass is 10.1. The van der Waals surface area contributed by atoms with Crippen molar-refractivity contribution in [1.29, 1.82) is 0 Å². The van der Waals surface area contributed by atoms with Gasteiger partial charge in [-0.25, -0.2) is 0 Å². The molecule has 1 saturated heterocycles. The van der Waals surface area contributed by atoms with E-state index in [-0.39, 0.29) is 5.91 Å². The highest BCUT2D eigenvalue weighted by Crippen LogP contribution is 2.29. The van der Waals surface area contributed by atoms with E-state index in [4.69, 9.17) is 14.2 Å². The molecule has 0 radical (unpaired) electrons. The normalized spacial score (nSPS) is 14.9. The van der Waals surface area contributed by atoms with Crippen LogP contribution in [0.1, 0.15) is 11.1 Å². The molecule has 0 spiro atoms. The van der Waals surface area contributed by atoms with Gasteiger partial charge in [0.15, 0.2) is 11.5 Å². The fraction of sp³-hybridized carbons (Fsp3) is 0.435. The zero-order valence-corrected chi connectivity index (χ0v) is 18.2. The van der Waals surface area contributed by atoms with Crippen LogP contribution in [0.2, 0.25) is 0 Å². The Balaban J connectivity index is 1.49. The van der Waals surface area contributed by atoms with E-state index in [0.29, 0.717) is 23.7 Å². The molecule has 0 aromatic heterocycles. The lowest BCUT2D eigenvalue weighted by Crippen LogP contribution is -2.48. The van der Waals surface area contributed by atoms with Gasteiger partial charge < -0.3 is 19.5 Å². The number of nitrogens with zero attached hydrogens (tertiary/aromatic N) is 2. The first-order chi connectivity index (χ1) is 14.5. The smallest absolute Gasteiger partial charge is 0.238 e. The molecule has 0 unspecified atom stereocenters. The van der Waals surface area contributed by atoms with Crippen LogP contribution in [0.15, 0.2) is 36.4 Å². The van der Waals surface area contributed by atoms with E-state index in [1.807, 2.05) is 12.1 Å². The summed E-state index contributed by atoms with van der Waals surface area (Å²) in [6, 6.07) is 11.6. The molecule has 0 aliphatic carbocycles. The van der Waals surface area contributed by atoms with Crippen LogP contribution in [0.5, 0.6) is 17.2 Å². The van der Waals surface area contributed by atoms with Crippen LogP contribution in [0, 0.1) is 6.92 Å². The van der Waals surface area contributed by atoms with Crippen LogP contribution in [0.4, 0.5) is 5.69 Å². The number of carbonyl (C=O) groups excluding carboxylic acids is 1. The fourth-order valence-electron chi connectivity index (χ4n) is 3.69. The van der Waals surface area contributed by atoms with Crippen molar-refractivity contribution in [2.75, 3.05) is 59.4 Å². The van der Waals surface area contributed by atoms with Crippen molar-refractivity contribution < 1.29 is 19.0 Å². The van der Waals surface area contributed by atoms with Gasteiger partial charge in [0, 0.05) is 50.0 Å². The number of carbonyl (C=O) groups is 1. The number of nitrogens with one attached hydrogen (secondary N) is 1. The number of aryl methyl sites for hydroxylation is 1. The first-order valence-corrected chi connectivity index (χ1v) is 10.1. The molecule has 1 fully saturated rings. The van der Waals surface area contributed by atoms with Gasteiger partial charge in [0.2, 0.25) is 5.91 Å². The second-order valence-corrected chi connectivity index (χ2v) is 7.49. The monoisotopic (exact) mass is 413 g/mol. The Hall–Kier alpha value is -2.77. The number of methoxy groups -OCH3 is 3. The molecule has 7 nitrogen and oxygen atoms in total. The molecule has 2 aromatic rings. The molecule has 162 valence electrons. The Morgan fingerprint density at radius 3 is 2.17 bits per heavy atom. The van der Waals surface area contributed by atoms with Crippen LogP contribution in [-0.4, -0.2) is 69.8 Å². The number of hydrogen-bond donors (Lipinski definition) is 1. The summed E-state index contributed by atoms with van der Waals surface area (Å²) < 4.78 is 16.0. The molecule has 0 atom stereocenters. The number of rotatable bonds is 8. The molecule has 0 saturated carbocycles. The molecule has 1 heterocycles. The average Bonchev–Trinajstić information content (AvgIpc) is 2.75. The van der Waals surface area contributed by atoms with E-state index in [2.05, 4.69) is 34.2 Å². The Bertz CT molecular complexity index is 864. The fourth-order valence-corrected chi connectivity index (χ4v) is 3.69. The Morgan fingerprint density at radius 1 is 0.867 bits per heavy atom. The summed E-state index contributed by atoms with van der Waals surface area (Å²) in [5.74, 6) is 2.13. The zero-order valence-electron chi connectivity index (χ0n) is 18.2. The van der Waals surface area contributed by atoms with Crippen molar-refractivity contribution in [3.8, 4) is 17.2 Å². The molecule has 1 N–H and O–H groups in total. The SMILES string of the molecule is COc1ccc(C)cc1CN1CCN(CC(=O)Nc2ccc(OC)c(OC)c2)CC1. The van der Waals surface area contributed by atoms with E-state index < -0.39 is 0 Å². The van der Waals surface area contributed by atoms with Gasteiger partial charge in [0.1, 0.15) is 5.75 Å².